The van der Waals surface area contributed by atoms with E-state index >= 15 is 0 Å². The Bertz CT molecular complexity index is 257. The molecule has 0 aromatic heterocycles. The Morgan fingerprint density at radius 2 is 1.62 bits per heavy atom. The van der Waals surface area contributed by atoms with Gasteiger partial charge in [-0.3, -0.25) is 0 Å². The lowest BCUT2D eigenvalue weighted by Gasteiger charge is -2.40. The molecule has 0 aromatic rings. The zero-order chi connectivity index (χ0) is 12.3. The molecule has 8 nitrogen and oxygen atoms in total. The number of aliphatic hydroxyl groups is 1. The van der Waals surface area contributed by atoms with Crippen molar-refractivity contribution in [3.05, 3.63) is 0 Å². The summed E-state index contributed by atoms with van der Waals surface area (Å²) in [7, 11) is 2.37. The van der Waals surface area contributed by atoms with Crippen LogP contribution in [0.2, 0.25) is 0 Å². The number of hydrogen-bond donors (Lipinski definition) is 2. The minimum Gasteiger partial charge on any atom is -0.452 e. The smallest absolute Gasteiger partial charge is 0.428 e. The minimum atomic E-state index is -0.903. The van der Waals surface area contributed by atoms with Gasteiger partial charge in [0.05, 0.1) is 39.5 Å². The van der Waals surface area contributed by atoms with Gasteiger partial charge in [0.1, 0.15) is 0 Å². The second-order valence-electron chi connectivity index (χ2n) is 3.34. The number of carbonyl (C=O) groups is 2. The van der Waals surface area contributed by atoms with Crippen LogP contribution in [0.5, 0.6) is 0 Å². The third kappa shape index (κ3) is 2.34. The number of methoxy groups -OCH3 is 2. The molecule has 2 atom stereocenters. The zero-order valence-electron chi connectivity index (χ0n) is 9.12. The molecule has 2 amide bonds. The number of ether oxygens (including phenoxy) is 2. The summed E-state index contributed by atoms with van der Waals surface area (Å²) < 4.78 is 8.98. The van der Waals surface area contributed by atoms with E-state index in [1.54, 1.807) is 0 Å². The van der Waals surface area contributed by atoms with Crippen LogP contribution in [-0.4, -0.2) is 66.8 Å². The summed E-state index contributed by atoms with van der Waals surface area (Å²) in [4.78, 5) is 22.7. The van der Waals surface area contributed by atoms with Gasteiger partial charge in [-0.2, -0.15) is 0 Å². The van der Waals surface area contributed by atoms with Crippen molar-refractivity contribution in [1.29, 1.82) is 0 Å². The van der Waals surface area contributed by atoms with E-state index in [4.69, 9.17) is 5.73 Å². The summed E-state index contributed by atoms with van der Waals surface area (Å²) in [5.74, 6) is 0. The average molecular weight is 233 g/mol. The summed E-state index contributed by atoms with van der Waals surface area (Å²) in [5.41, 5.74) is 5.59. The first-order chi connectivity index (χ1) is 7.51. The molecule has 0 aromatic carbocycles. The van der Waals surface area contributed by atoms with Crippen molar-refractivity contribution in [3.63, 3.8) is 0 Å². The second kappa shape index (κ2) is 4.99. The molecule has 1 aliphatic heterocycles. The number of nitrogens with two attached hydrogens (primary N) is 1. The predicted molar refractivity (Wildman–Crippen MR) is 52.2 cm³/mol. The van der Waals surface area contributed by atoms with Gasteiger partial charge >= 0.3 is 12.2 Å². The largest absolute Gasteiger partial charge is 0.452 e. The first-order valence-corrected chi connectivity index (χ1v) is 4.65. The van der Waals surface area contributed by atoms with Crippen molar-refractivity contribution in [2.45, 2.75) is 12.1 Å². The van der Waals surface area contributed by atoms with Crippen LogP contribution in [0.3, 0.4) is 0 Å². The zero-order valence-corrected chi connectivity index (χ0v) is 9.12. The lowest BCUT2D eigenvalue weighted by Crippen LogP contribution is -2.64. The van der Waals surface area contributed by atoms with Gasteiger partial charge in [0.25, 0.3) is 0 Å². The molecule has 1 rings (SSSR count). The molecule has 0 unspecified atom stereocenters. The van der Waals surface area contributed by atoms with E-state index in [1.807, 2.05) is 0 Å². The molecule has 0 aliphatic carbocycles. The molecule has 0 radical (unpaired) electrons. The van der Waals surface area contributed by atoms with E-state index in [2.05, 4.69) is 9.47 Å². The topological polar surface area (TPSA) is 105 Å². The second-order valence-corrected chi connectivity index (χ2v) is 3.34. The maximum absolute atomic E-state index is 11.4. The number of aliphatic hydroxyl groups excluding tert-OH is 1. The first-order valence-electron chi connectivity index (χ1n) is 4.65. The van der Waals surface area contributed by atoms with Crippen molar-refractivity contribution in [3.8, 4) is 0 Å². The van der Waals surface area contributed by atoms with Crippen LogP contribution < -0.4 is 5.73 Å². The molecule has 1 saturated heterocycles. The number of carbonyl (C=O) groups excluding carboxylic acids is 2. The van der Waals surface area contributed by atoms with E-state index in [9.17, 15) is 14.7 Å². The van der Waals surface area contributed by atoms with E-state index in [0.29, 0.717) is 0 Å². The van der Waals surface area contributed by atoms with Crippen LogP contribution in [0, 0.1) is 0 Å². The normalized spacial score (nSPS) is 25.2. The standard InChI is InChI=1S/C8H15N3O5/c1-15-7(13)10-3-5(9)6(12)4-11(10)8(14)16-2/h5-6,12H,3-4,9H2,1-2H3/t5-,6-/m1/s1. The van der Waals surface area contributed by atoms with Crippen LogP contribution in [-0.2, 0) is 9.47 Å². The van der Waals surface area contributed by atoms with Crippen molar-refractivity contribution in [2.75, 3.05) is 27.3 Å². The van der Waals surface area contributed by atoms with Gasteiger partial charge in [0, 0.05) is 0 Å². The van der Waals surface area contributed by atoms with Crippen LogP contribution in [0.25, 0.3) is 0 Å². The SMILES string of the molecule is COC(=O)N1C[C@@H](N)[C@H](O)CN1C(=O)OC. The van der Waals surface area contributed by atoms with Gasteiger partial charge in [0.15, 0.2) is 0 Å². The summed E-state index contributed by atoms with van der Waals surface area (Å²) in [6, 6.07) is -0.625. The monoisotopic (exact) mass is 233 g/mol. The van der Waals surface area contributed by atoms with Crippen LogP contribution in [0.15, 0.2) is 0 Å². The third-order valence-corrected chi connectivity index (χ3v) is 2.30. The summed E-state index contributed by atoms with van der Waals surface area (Å²) >= 11 is 0. The van der Waals surface area contributed by atoms with Crippen LogP contribution in [0.4, 0.5) is 9.59 Å². The quantitative estimate of drug-likeness (QED) is 0.541. The molecule has 1 heterocycles. The van der Waals surface area contributed by atoms with Gasteiger partial charge in [0.2, 0.25) is 0 Å². The van der Waals surface area contributed by atoms with E-state index in [1.165, 1.54) is 14.2 Å². The highest BCUT2D eigenvalue weighted by molar-refractivity contribution is 5.74. The summed E-state index contributed by atoms with van der Waals surface area (Å²) in [6.07, 6.45) is -2.39. The molecular weight excluding hydrogens is 218 g/mol. The lowest BCUT2D eigenvalue weighted by molar-refractivity contribution is -0.0730. The van der Waals surface area contributed by atoms with Crippen LogP contribution >= 0.6 is 0 Å². The molecule has 0 bridgehead atoms. The number of hydrazine groups is 1. The Balaban J connectivity index is 2.83. The Kier molecular flexibility index (Phi) is 3.91. The molecule has 1 aliphatic rings. The Hall–Kier alpha value is -1.54. The van der Waals surface area contributed by atoms with Crippen molar-refractivity contribution >= 4 is 12.2 Å². The summed E-state index contributed by atoms with van der Waals surface area (Å²) in [6.45, 7) is -0.119. The minimum absolute atomic E-state index is 0.0110. The number of β-amino-alcohol motifs (C(OH)–C–C–N with tert-alkyl or cyclic N) is 1. The van der Waals surface area contributed by atoms with E-state index in [0.717, 1.165) is 10.0 Å². The predicted octanol–water partition coefficient (Wildman–Crippen LogP) is -1.26. The third-order valence-electron chi connectivity index (χ3n) is 2.30. The average Bonchev–Trinajstić information content (AvgIpc) is 2.30. The van der Waals surface area contributed by atoms with Gasteiger partial charge in [-0.1, -0.05) is 0 Å². The number of rotatable bonds is 0. The van der Waals surface area contributed by atoms with Gasteiger partial charge < -0.3 is 20.3 Å². The Morgan fingerprint density at radius 1 is 1.19 bits per heavy atom. The molecule has 0 saturated carbocycles. The molecule has 8 heteroatoms. The molecule has 3 N–H and O–H groups in total. The van der Waals surface area contributed by atoms with Gasteiger partial charge in [-0.25, -0.2) is 19.6 Å². The maximum Gasteiger partial charge on any atom is 0.428 e. The Morgan fingerprint density at radius 3 is 2.06 bits per heavy atom. The molecule has 16 heavy (non-hydrogen) atoms. The molecule has 1 fully saturated rings. The first kappa shape index (κ1) is 12.5. The fourth-order valence-electron chi connectivity index (χ4n) is 1.39. The van der Waals surface area contributed by atoms with Crippen molar-refractivity contribution in [1.82, 2.24) is 10.0 Å². The molecular formula is C8H15N3O5. The van der Waals surface area contributed by atoms with Gasteiger partial charge in [-0.15, -0.1) is 0 Å². The lowest BCUT2D eigenvalue weighted by atomic mass is 10.1. The van der Waals surface area contributed by atoms with Gasteiger partial charge in [-0.05, 0) is 0 Å². The number of amides is 2. The molecule has 0 spiro atoms. The molecule has 92 valence electrons. The maximum atomic E-state index is 11.4. The number of hydrogen-bond acceptors (Lipinski definition) is 6. The van der Waals surface area contributed by atoms with Crippen molar-refractivity contribution in [2.24, 2.45) is 5.73 Å². The fraction of sp³-hybridized carbons (Fsp3) is 0.750. The number of nitrogens with zero attached hydrogens (tertiary/aromatic N) is 2. The van der Waals surface area contributed by atoms with E-state index in [-0.39, 0.29) is 13.1 Å². The summed E-state index contributed by atoms with van der Waals surface area (Å²) in [5, 5.41) is 11.5. The highest BCUT2D eigenvalue weighted by Gasteiger charge is 2.37. The van der Waals surface area contributed by atoms with E-state index < -0.39 is 24.3 Å². The Labute approximate surface area is 92.5 Å². The van der Waals surface area contributed by atoms with Crippen LogP contribution in [0.1, 0.15) is 0 Å². The fourth-order valence-corrected chi connectivity index (χ4v) is 1.39. The highest BCUT2D eigenvalue weighted by atomic mass is 16.6. The van der Waals surface area contributed by atoms with Crippen molar-refractivity contribution < 1.29 is 24.2 Å². The highest BCUT2D eigenvalue weighted by Crippen LogP contribution is 2.13.